The summed E-state index contributed by atoms with van der Waals surface area (Å²) in [5.41, 5.74) is 3.03. The molecule has 0 N–H and O–H groups in total. The Bertz CT molecular complexity index is 935. The number of anilines is 1. The molecular formula is C22H24ClN3O2. The zero-order valence-electron chi connectivity index (χ0n) is 16.4. The predicted octanol–water partition coefficient (Wildman–Crippen LogP) is 4.65. The fourth-order valence-corrected chi connectivity index (χ4v) is 3.11. The molecule has 0 radical (unpaired) electrons. The number of aromatic nitrogens is 1. The Morgan fingerprint density at radius 1 is 1.07 bits per heavy atom. The molecular weight excluding hydrogens is 374 g/mol. The zero-order chi connectivity index (χ0) is 20.1. The van der Waals surface area contributed by atoms with Gasteiger partial charge in [-0.05, 0) is 29.8 Å². The molecule has 3 rings (SSSR count). The highest BCUT2D eigenvalue weighted by molar-refractivity contribution is 6.33. The number of rotatable bonds is 7. The second-order valence-electron chi connectivity index (χ2n) is 6.91. The maximum absolute atomic E-state index is 12.5. The topological polar surface area (TPSA) is 49.6 Å². The van der Waals surface area contributed by atoms with Crippen LogP contribution in [-0.2, 0) is 17.8 Å². The molecule has 0 atom stereocenters. The molecule has 2 aromatic carbocycles. The molecule has 146 valence electrons. The van der Waals surface area contributed by atoms with Crippen LogP contribution in [0.5, 0.6) is 0 Å². The average Bonchev–Trinajstić information content (AvgIpc) is 3.15. The van der Waals surface area contributed by atoms with Crippen molar-refractivity contribution in [2.24, 2.45) is 0 Å². The van der Waals surface area contributed by atoms with E-state index in [1.165, 1.54) is 0 Å². The number of hydrogen-bond acceptors (Lipinski definition) is 4. The van der Waals surface area contributed by atoms with Gasteiger partial charge in [0.05, 0.1) is 11.2 Å². The Kier molecular flexibility index (Phi) is 6.37. The van der Waals surface area contributed by atoms with Crippen LogP contribution in [0.25, 0.3) is 11.3 Å². The maximum atomic E-state index is 12.5. The molecule has 0 saturated heterocycles. The molecule has 0 spiro atoms. The molecule has 0 fully saturated rings. The lowest BCUT2D eigenvalue weighted by atomic mass is 10.2. The number of hydrogen-bond donors (Lipinski definition) is 0. The summed E-state index contributed by atoms with van der Waals surface area (Å²) in [6.07, 6.45) is 2.44. The summed E-state index contributed by atoms with van der Waals surface area (Å²) in [5, 5.41) is 0.612. The highest BCUT2D eigenvalue weighted by Crippen LogP contribution is 2.28. The summed E-state index contributed by atoms with van der Waals surface area (Å²) in [7, 11) is 5.82. The molecule has 0 bridgehead atoms. The third-order valence-electron chi connectivity index (χ3n) is 4.54. The second kappa shape index (κ2) is 8.93. The van der Waals surface area contributed by atoms with E-state index < -0.39 is 0 Å². The first kappa shape index (κ1) is 20.0. The van der Waals surface area contributed by atoms with Crippen molar-refractivity contribution < 1.29 is 9.21 Å². The van der Waals surface area contributed by atoms with Crippen molar-refractivity contribution >= 4 is 23.2 Å². The van der Waals surface area contributed by atoms with Crippen molar-refractivity contribution in [1.82, 2.24) is 9.88 Å². The van der Waals surface area contributed by atoms with Crippen molar-refractivity contribution in [2.75, 3.05) is 26.0 Å². The first-order chi connectivity index (χ1) is 13.4. The number of oxazole rings is 1. The molecule has 6 heteroatoms. The molecule has 0 unspecified atom stereocenters. The Hall–Kier alpha value is -2.79. The maximum Gasteiger partial charge on any atom is 0.223 e. The van der Waals surface area contributed by atoms with Crippen LogP contribution in [0, 0.1) is 0 Å². The molecule has 1 heterocycles. The van der Waals surface area contributed by atoms with Crippen LogP contribution in [0.2, 0.25) is 5.02 Å². The number of halogens is 1. The van der Waals surface area contributed by atoms with Crippen LogP contribution in [0.15, 0.2) is 59.1 Å². The molecule has 1 aromatic heterocycles. The summed E-state index contributed by atoms with van der Waals surface area (Å²) < 4.78 is 5.76. The second-order valence-corrected chi connectivity index (χ2v) is 7.32. The van der Waals surface area contributed by atoms with Crippen molar-refractivity contribution in [3.63, 3.8) is 0 Å². The van der Waals surface area contributed by atoms with Gasteiger partial charge in [0.2, 0.25) is 5.91 Å². The monoisotopic (exact) mass is 397 g/mol. The Labute approximate surface area is 170 Å². The van der Waals surface area contributed by atoms with Gasteiger partial charge in [0.25, 0.3) is 0 Å². The van der Waals surface area contributed by atoms with E-state index in [4.69, 9.17) is 16.0 Å². The minimum Gasteiger partial charge on any atom is -0.441 e. The minimum absolute atomic E-state index is 0.0502. The Balaban J connectivity index is 1.54. The van der Waals surface area contributed by atoms with Gasteiger partial charge in [-0.2, -0.15) is 0 Å². The van der Waals surface area contributed by atoms with Gasteiger partial charge in [-0.15, -0.1) is 0 Å². The molecule has 0 aliphatic heterocycles. The van der Waals surface area contributed by atoms with E-state index in [-0.39, 0.29) is 5.91 Å². The van der Waals surface area contributed by atoms with Gasteiger partial charge in [-0.1, -0.05) is 35.9 Å². The third kappa shape index (κ3) is 4.93. The summed E-state index contributed by atoms with van der Waals surface area (Å²) in [6, 6.07) is 15.6. The largest absolute Gasteiger partial charge is 0.441 e. The number of carbonyl (C=O) groups is 1. The Morgan fingerprint density at radius 2 is 1.79 bits per heavy atom. The smallest absolute Gasteiger partial charge is 0.223 e. The van der Waals surface area contributed by atoms with Crippen molar-refractivity contribution in [3.05, 3.63) is 71.2 Å². The minimum atomic E-state index is 0.0502. The van der Waals surface area contributed by atoms with Crippen LogP contribution < -0.4 is 4.90 Å². The standard InChI is InChI=1S/C22H24ClN3O2/c1-25(2)17-10-8-16(9-11-17)15-26(3)22(27)13-12-21-24-14-20(28-21)18-6-4-5-7-19(18)23/h4-11,14H,12-13,15H2,1-3H3. The van der Waals surface area contributed by atoms with E-state index >= 15 is 0 Å². The van der Waals surface area contributed by atoms with Gasteiger partial charge in [-0.25, -0.2) is 4.98 Å². The van der Waals surface area contributed by atoms with E-state index in [0.717, 1.165) is 16.8 Å². The number of carbonyl (C=O) groups excluding carboxylic acids is 1. The quantitative estimate of drug-likeness (QED) is 0.582. The van der Waals surface area contributed by atoms with E-state index in [0.29, 0.717) is 36.1 Å². The van der Waals surface area contributed by atoms with Crippen molar-refractivity contribution in [1.29, 1.82) is 0 Å². The lowest BCUT2D eigenvalue weighted by Crippen LogP contribution is -2.26. The molecule has 0 aliphatic carbocycles. The molecule has 5 nitrogen and oxygen atoms in total. The third-order valence-corrected chi connectivity index (χ3v) is 4.87. The SMILES string of the molecule is CN(Cc1ccc(N(C)C)cc1)C(=O)CCc1ncc(-c2ccccc2Cl)o1. The van der Waals surface area contributed by atoms with Gasteiger partial charge < -0.3 is 14.2 Å². The van der Waals surface area contributed by atoms with Crippen molar-refractivity contribution in [2.45, 2.75) is 19.4 Å². The van der Waals surface area contributed by atoms with Crippen molar-refractivity contribution in [3.8, 4) is 11.3 Å². The summed E-state index contributed by atoms with van der Waals surface area (Å²) in [6.45, 7) is 0.572. The van der Waals surface area contributed by atoms with Gasteiger partial charge >= 0.3 is 0 Å². The van der Waals surface area contributed by atoms with Crippen LogP contribution >= 0.6 is 11.6 Å². The first-order valence-corrected chi connectivity index (χ1v) is 9.51. The molecule has 0 saturated carbocycles. The Morgan fingerprint density at radius 3 is 2.46 bits per heavy atom. The van der Waals surface area contributed by atoms with Gasteiger partial charge in [0.1, 0.15) is 0 Å². The summed E-state index contributed by atoms with van der Waals surface area (Å²) >= 11 is 6.19. The van der Waals surface area contributed by atoms with E-state index in [9.17, 15) is 4.79 Å². The van der Waals surface area contributed by atoms with Gasteiger partial charge in [0.15, 0.2) is 11.7 Å². The summed E-state index contributed by atoms with van der Waals surface area (Å²) in [4.78, 5) is 20.5. The lowest BCUT2D eigenvalue weighted by Gasteiger charge is -2.18. The fraction of sp³-hybridized carbons (Fsp3) is 0.273. The predicted molar refractivity (Wildman–Crippen MR) is 113 cm³/mol. The molecule has 28 heavy (non-hydrogen) atoms. The lowest BCUT2D eigenvalue weighted by molar-refractivity contribution is -0.130. The number of aryl methyl sites for hydroxylation is 1. The van der Waals surface area contributed by atoms with Gasteiger partial charge in [-0.3, -0.25) is 4.79 Å². The number of nitrogens with zero attached hydrogens (tertiary/aromatic N) is 3. The van der Waals surface area contributed by atoms with Crippen LogP contribution in [0.3, 0.4) is 0 Å². The van der Waals surface area contributed by atoms with Crippen LogP contribution in [-0.4, -0.2) is 36.9 Å². The molecule has 0 aliphatic rings. The molecule has 1 amide bonds. The molecule has 3 aromatic rings. The number of amides is 1. The van der Waals surface area contributed by atoms with E-state index in [1.54, 1.807) is 11.1 Å². The average molecular weight is 398 g/mol. The fourth-order valence-electron chi connectivity index (χ4n) is 2.88. The number of benzene rings is 2. The van der Waals surface area contributed by atoms with Crippen LogP contribution in [0.4, 0.5) is 5.69 Å². The highest BCUT2D eigenvalue weighted by atomic mass is 35.5. The van der Waals surface area contributed by atoms with E-state index in [1.807, 2.05) is 62.4 Å². The first-order valence-electron chi connectivity index (χ1n) is 9.14. The summed E-state index contributed by atoms with van der Waals surface area (Å²) in [5.74, 6) is 1.20. The highest BCUT2D eigenvalue weighted by Gasteiger charge is 2.13. The normalized spacial score (nSPS) is 10.7. The van der Waals surface area contributed by atoms with E-state index in [2.05, 4.69) is 17.1 Å². The van der Waals surface area contributed by atoms with Crippen LogP contribution in [0.1, 0.15) is 17.9 Å². The van der Waals surface area contributed by atoms with Gasteiger partial charge in [0, 0.05) is 51.8 Å². The zero-order valence-corrected chi connectivity index (χ0v) is 17.1.